The zero-order chi connectivity index (χ0) is 25.4. The van der Waals surface area contributed by atoms with E-state index in [1.165, 1.54) is 14.0 Å². The van der Waals surface area contributed by atoms with Crippen LogP contribution in [0.2, 0.25) is 0 Å². The number of benzene rings is 2. The summed E-state index contributed by atoms with van der Waals surface area (Å²) < 4.78 is 75.5. The molecule has 34 heavy (non-hydrogen) atoms. The van der Waals surface area contributed by atoms with E-state index in [0.717, 1.165) is 36.5 Å². The molecule has 0 unspecified atom stereocenters. The number of rotatable bonds is 6. The van der Waals surface area contributed by atoms with Gasteiger partial charge in [-0.1, -0.05) is 23.2 Å². The summed E-state index contributed by atoms with van der Waals surface area (Å²) in [5, 5.41) is 11.9. The lowest BCUT2D eigenvalue weighted by Gasteiger charge is -2.13. The third-order valence-electron chi connectivity index (χ3n) is 4.49. The van der Waals surface area contributed by atoms with Gasteiger partial charge in [0.1, 0.15) is 5.58 Å². The third-order valence-corrected chi connectivity index (χ3v) is 4.97. The van der Waals surface area contributed by atoms with E-state index >= 15 is 0 Å². The van der Waals surface area contributed by atoms with Crippen molar-refractivity contribution in [1.29, 1.82) is 0 Å². The number of carbonyl (C=O) groups is 1. The summed E-state index contributed by atoms with van der Waals surface area (Å²) >= 11 is 12.1. The Morgan fingerprint density at radius 3 is 2.47 bits per heavy atom. The van der Waals surface area contributed by atoms with Crippen molar-refractivity contribution in [3.05, 3.63) is 63.4 Å². The van der Waals surface area contributed by atoms with Crippen LogP contribution < -0.4 is 10.1 Å². The van der Waals surface area contributed by atoms with Gasteiger partial charge in [0, 0.05) is 29.1 Å². The first-order valence-corrected chi connectivity index (χ1v) is 10.0. The lowest BCUT2D eigenvalue weighted by molar-refractivity contribution is -0.137. The number of amides is 1. The standard InChI is InChI=1S/C21H15Cl2F5N2O4/c1-9(22)17(13(23)8-30(2)32)29-19(31)11-4-6-15(34-20(24)25)18-16(11)12-7-10(21(26,27)28)3-5-14(12)33-18/h3-8,20,32H,1-2H3,(H,29,31)/b13-8+,17-9-. The maximum Gasteiger partial charge on any atom is 0.416 e. The molecule has 3 rings (SSSR count). The molecule has 0 aliphatic carbocycles. The van der Waals surface area contributed by atoms with Crippen LogP contribution in [-0.2, 0) is 6.18 Å². The first kappa shape index (κ1) is 25.6. The van der Waals surface area contributed by atoms with Crippen molar-refractivity contribution in [2.75, 3.05) is 7.05 Å². The summed E-state index contributed by atoms with van der Waals surface area (Å²) in [4.78, 5) is 13.1. The van der Waals surface area contributed by atoms with Crippen LogP contribution >= 0.6 is 23.2 Å². The van der Waals surface area contributed by atoms with Gasteiger partial charge in [-0.05, 0) is 37.3 Å². The molecule has 3 aromatic rings. The summed E-state index contributed by atoms with van der Waals surface area (Å²) in [6.07, 6.45) is -3.68. The van der Waals surface area contributed by atoms with Crippen LogP contribution in [0.3, 0.4) is 0 Å². The molecule has 6 nitrogen and oxygen atoms in total. The molecular formula is C21H15Cl2F5N2O4. The number of hydrogen-bond donors (Lipinski definition) is 2. The largest absolute Gasteiger partial charge is 0.452 e. The number of ether oxygens (including phenoxy) is 1. The van der Waals surface area contributed by atoms with Crippen molar-refractivity contribution in [2.24, 2.45) is 0 Å². The molecule has 2 N–H and O–H groups in total. The Bertz CT molecular complexity index is 1310. The molecule has 0 aliphatic heterocycles. The van der Waals surface area contributed by atoms with Gasteiger partial charge in [0.2, 0.25) is 0 Å². The SMILES string of the molecule is C/C(Cl)=C(NC(=O)c1ccc(OC(F)F)c2oc3ccc(C(F)(F)F)cc3c12)\C(Cl)=C/N(C)O. The smallest absolute Gasteiger partial charge is 0.416 e. The number of alkyl halides is 5. The second-order valence-corrected chi connectivity index (χ2v) is 7.89. The van der Waals surface area contributed by atoms with Crippen LogP contribution in [0.15, 0.2) is 56.7 Å². The van der Waals surface area contributed by atoms with Crippen molar-refractivity contribution in [2.45, 2.75) is 19.7 Å². The molecule has 0 aliphatic rings. The first-order valence-electron chi connectivity index (χ1n) is 9.28. The van der Waals surface area contributed by atoms with E-state index in [9.17, 15) is 32.0 Å². The van der Waals surface area contributed by atoms with Gasteiger partial charge in [-0.3, -0.25) is 15.1 Å². The number of hydrogen-bond acceptors (Lipinski definition) is 5. The van der Waals surface area contributed by atoms with Gasteiger partial charge in [0.05, 0.1) is 21.9 Å². The predicted octanol–water partition coefficient (Wildman–Crippen LogP) is 6.81. The lowest BCUT2D eigenvalue weighted by atomic mass is 10.0. The summed E-state index contributed by atoms with van der Waals surface area (Å²) in [6, 6.07) is 4.61. The number of fused-ring (bicyclic) bond motifs is 3. The van der Waals surface area contributed by atoms with E-state index in [1.807, 2.05) is 0 Å². The highest BCUT2D eigenvalue weighted by molar-refractivity contribution is 6.35. The molecule has 0 radical (unpaired) electrons. The van der Waals surface area contributed by atoms with Crippen molar-refractivity contribution < 1.29 is 41.1 Å². The Labute approximate surface area is 198 Å². The van der Waals surface area contributed by atoms with Gasteiger partial charge in [-0.25, -0.2) is 0 Å². The molecule has 2 aromatic carbocycles. The number of carbonyl (C=O) groups excluding carboxylic acids is 1. The molecule has 0 fully saturated rings. The zero-order valence-corrected chi connectivity index (χ0v) is 18.8. The fraction of sp³-hybridized carbons (Fsp3) is 0.190. The minimum Gasteiger partial charge on any atom is -0.452 e. The molecule has 0 spiro atoms. The second kappa shape index (κ2) is 9.69. The van der Waals surface area contributed by atoms with Crippen LogP contribution in [0.4, 0.5) is 22.0 Å². The van der Waals surface area contributed by atoms with Gasteiger partial charge >= 0.3 is 12.8 Å². The van der Waals surface area contributed by atoms with Crippen LogP contribution in [0.5, 0.6) is 5.75 Å². The Morgan fingerprint density at radius 2 is 1.91 bits per heavy atom. The Balaban J connectivity index is 2.24. The van der Waals surface area contributed by atoms with Crippen LogP contribution in [-0.4, -0.2) is 29.8 Å². The molecule has 13 heteroatoms. The second-order valence-electron chi connectivity index (χ2n) is 6.92. The average Bonchev–Trinajstić information content (AvgIpc) is 3.09. The highest BCUT2D eigenvalue weighted by Gasteiger charge is 2.32. The Hall–Kier alpha value is -3.02. The number of nitrogens with zero attached hydrogens (tertiary/aromatic N) is 1. The number of nitrogens with one attached hydrogen (secondary N) is 1. The Kier molecular flexibility index (Phi) is 7.29. The maximum absolute atomic E-state index is 13.3. The summed E-state index contributed by atoms with van der Waals surface area (Å²) in [7, 11) is 1.24. The number of allylic oxidation sites excluding steroid dienone is 2. The van der Waals surface area contributed by atoms with Crippen molar-refractivity contribution >= 4 is 51.0 Å². The zero-order valence-electron chi connectivity index (χ0n) is 17.3. The van der Waals surface area contributed by atoms with E-state index in [1.54, 1.807) is 0 Å². The van der Waals surface area contributed by atoms with Crippen LogP contribution in [0.1, 0.15) is 22.8 Å². The van der Waals surface area contributed by atoms with Crippen molar-refractivity contribution in [1.82, 2.24) is 10.4 Å². The molecule has 182 valence electrons. The molecular weight excluding hydrogens is 510 g/mol. The van der Waals surface area contributed by atoms with E-state index in [4.69, 9.17) is 27.6 Å². The summed E-state index contributed by atoms with van der Waals surface area (Å²) in [6.45, 7) is -1.86. The highest BCUT2D eigenvalue weighted by Crippen LogP contribution is 2.40. The van der Waals surface area contributed by atoms with Crippen molar-refractivity contribution in [3.8, 4) is 5.75 Å². The van der Waals surface area contributed by atoms with Gasteiger partial charge in [0.25, 0.3) is 5.91 Å². The molecule has 1 heterocycles. The number of hydroxylamine groups is 2. The van der Waals surface area contributed by atoms with E-state index in [-0.39, 0.29) is 43.3 Å². The maximum atomic E-state index is 13.3. The highest BCUT2D eigenvalue weighted by atomic mass is 35.5. The molecule has 1 amide bonds. The van der Waals surface area contributed by atoms with Gasteiger partial charge < -0.3 is 14.5 Å². The monoisotopic (exact) mass is 524 g/mol. The minimum atomic E-state index is -4.71. The predicted molar refractivity (Wildman–Crippen MR) is 115 cm³/mol. The Morgan fingerprint density at radius 1 is 1.24 bits per heavy atom. The summed E-state index contributed by atoms with van der Waals surface area (Å²) in [5.41, 5.74) is -1.83. The third kappa shape index (κ3) is 5.37. The van der Waals surface area contributed by atoms with Crippen molar-refractivity contribution in [3.63, 3.8) is 0 Å². The van der Waals surface area contributed by atoms with E-state index < -0.39 is 30.0 Å². The van der Waals surface area contributed by atoms with Gasteiger partial charge in [-0.2, -0.15) is 22.0 Å². The molecule has 0 bridgehead atoms. The molecule has 0 saturated heterocycles. The van der Waals surface area contributed by atoms with E-state index in [2.05, 4.69) is 10.1 Å². The molecule has 0 saturated carbocycles. The normalized spacial score (nSPS) is 13.4. The fourth-order valence-corrected chi connectivity index (χ4v) is 3.66. The van der Waals surface area contributed by atoms with Crippen LogP contribution in [0.25, 0.3) is 21.9 Å². The molecule has 1 aromatic heterocycles. The lowest BCUT2D eigenvalue weighted by Crippen LogP contribution is -2.24. The number of halogens is 7. The first-order chi connectivity index (χ1) is 15.8. The molecule has 0 atom stereocenters. The quantitative estimate of drug-likeness (QED) is 0.210. The van der Waals surface area contributed by atoms with Crippen LogP contribution in [0, 0.1) is 0 Å². The fourth-order valence-electron chi connectivity index (χ4n) is 3.13. The topological polar surface area (TPSA) is 74.9 Å². The number of furan rings is 1. The van der Waals surface area contributed by atoms with E-state index in [0.29, 0.717) is 5.06 Å². The minimum absolute atomic E-state index is 0.0155. The average molecular weight is 525 g/mol. The van der Waals surface area contributed by atoms with Gasteiger partial charge in [0.15, 0.2) is 11.3 Å². The van der Waals surface area contributed by atoms with Gasteiger partial charge in [-0.15, -0.1) is 0 Å². The summed E-state index contributed by atoms with van der Waals surface area (Å²) in [5.74, 6) is -1.37.